The van der Waals surface area contributed by atoms with Crippen molar-refractivity contribution in [2.75, 3.05) is 11.5 Å². The zero-order valence-electron chi connectivity index (χ0n) is 12.5. The lowest BCUT2D eigenvalue weighted by atomic mass is 10.0. The summed E-state index contributed by atoms with van der Waals surface area (Å²) >= 11 is 12.1. The summed E-state index contributed by atoms with van der Waals surface area (Å²) in [4.78, 5) is 8.29. The molecule has 3 rings (SSSR count). The Labute approximate surface area is 149 Å². The van der Waals surface area contributed by atoms with E-state index in [4.69, 9.17) is 39.4 Å². The number of halogens is 2. The summed E-state index contributed by atoms with van der Waals surface area (Å²) in [5, 5.41) is 0.873. The molecule has 0 aliphatic heterocycles. The predicted molar refractivity (Wildman–Crippen MR) is 97.1 cm³/mol. The fourth-order valence-corrected chi connectivity index (χ4v) is 2.58. The van der Waals surface area contributed by atoms with Crippen LogP contribution in [0.3, 0.4) is 0 Å². The molecule has 0 spiro atoms. The lowest BCUT2D eigenvalue weighted by molar-refractivity contribution is 0.302. The van der Waals surface area contributed by atoms with E-state index in [2.05, 4.69) is 9.97 Å². The molecule has 0 atom stereocenters. The first kappa shape index (κ1) is 16.4. The third kappa shape index (κ3) is 3.53. The van der Waals surface area contributed by atoms with Crippen molar-refractivity contribution in [2.24, 2.45) is 0 Å². The molecule has 0 radical (unpaired) electrons. The molecule has 24 heavy (non-hydrogen) atoms. The van der Waals surface area contributed by atoms with Crippen LogP contribution in [-0.2, 0) is 6.61 Å². The van der Waals surface area contributed by atoms with Gasteiger partial charge in [-0.25, -0.2) is 4.98 Å². The molecule has 0 unspecified atom stereocenters. The largest absolute Gasteiger partial charge is 0.487 e. The summed E-state index contributed by atoms with van der Waals surface area (Å²) in [6, 6.07) is 14.6. The lowest BCUT2D eigenvalue weighted by Crippen LogP contribution is -2.09. The van der Waals surface area contributed by atoms with E-state index >= 15 is 0 Å². The summed E-state index contributed by atoms with van der Waals surface area (Å²) in [5.74, 6) is 1.06. The first-order valence-corrected chi connectivity index (χ1v) is 7.85. The Morgan fingerprint density at radius 2 is 1.67 bits per heavy atom. The molecule has 4 N–H and O–H groups in total. The molecule has 5 nitrogen and oxygen atoms in total. The second-order valence-electron chi connectivity index (χ2n) is 5.02. The highest BCUT2D eigenvalue weighted by Gasteiger charge is 2.15. The number of nitrogens with two attached hydrogens (primary N) is 2. The minimum atomic E-state index is 0.0861. The third-order valence-corrected chi connectivity index (χ3v) is 4.10. The van der Waals surface area contributed by atoms with E-state index in [1.165, 1.54) is 0 Å². The zero-order valence-corrected chi connectivity index (χ0v) is 14.1. The van der Waals surface area contributed by atoms with Gasteiger partial charge in [-0.1, -0.05) is 47.5 Å². The van der Waals surface area contributed by atoms with E-state index in [0.29, 0.717) is 27.1 Å². The highest BCUT2D eigenvalue weighted by atomic mass is 35.5. The molecule has 0 fully saturated rings. The number of nitrogen functional groups attached to an aromatic ring is 2. The highest BCUT2D eigenvalue weighted by molar-refractivity contribution is 6.42. The van der Waals surface area contributed by atoms with Gasteiger partial charge >= 0.3 is 0 Å². The van der Waals surface area contributed by atoms with Crippen LogP contribution in [0.2, 0.25) is 10.0 Å². The molecular formula is C17H14Cl2N4O. The molecule has 0 aliphatic carbocycles. The van der Waals surface area contributed by atoms with E-state index in [9.17, 15) is 0 Å². The van der Waals surface area contributed by atoms with Gasteiger partial charge in [-0.05, 0) is 29.8 Å². The Hall–Kier alpha value is -2.50. The van der Waals surface area contributed by atoms with E-state index in [1.54, 1.807) is 18.2 Å². The maximum Gasteiger partial charge on any atom is 0.222 e. The topological polar surface area (TPSA) is 87.0 Å². The van der Waals surface area contributed by atoms with Gasteiger partial charge < -0.3 is 16.2 Å². The van der Waals surface area contributed by atoms with Crippen LogP contribution in [0, 0.1) is 0 Å². The number of nitrogens with zero attached hydrogens (tertiary/aromatic N) is 2. The highest BCUT2D eigenvalue weighted by Crippen LogP contribution is 2.33. The van der Waals surface area contributed by atoms with E-state index in [0.717, 1.165) is 5.56 Å². The van der Waals surface area contributed by atoms with Crippen LogP contribution in [-0.4, -0.2) is 9.97 Å². The summed E-state index contributed by atoms with van der Waals surface area (Å²) in [6.45, 7) is 0.191. The molecule has 1 aromatic heterocycles. The van der Waals surface area contributed by atoms with Gasteiger partial charge in [0.15, 0.2) is 0 Å². The van der Waals surface area contributed by atoms with Crippen LogP contribution in [0.5, 0.6) is 5.75 Å². The summed E-state index contributed by atoms with van der Waals surface area (Å²) < 4.78 is 5.76. The Bertz CT molecular complexity index is 872. The molecule has 0 aliphatic rings. The van der Waals surface area contributed by atoms with Gasteiger partial charge in [0.05, 0.1) is 15.7 Å². The quantitative estimate of drug-likeness (QED) is 0.727. The normalized spacial score (nSPS) is 10.6. The second-order valence-corrected chi connectivity index (χ2v) is 5.83. The Balaban J connectivity index is 2.00. The molecule has 3 aromatic rings. The minimum absolute atomic E-state index is 0.0861. The van der Waals surface area contributed by atoms with Gasteiger partial charge in [0.25, 0.3) is 0 Å². The van der Waals surface area contributed by atoms with Crippen LogP contribution in [0.4, 0.5) is 11.8 Å². The molecule has 2 aromatic carbocycles. The first-order valence-electron chi connectivity index (χ1n) is 7.09. The number of hydrogen-bond donors (Lipinski definition) is 2. The number of rotatable bonds is 4. The van der Waals surface area contributed by atoms with E-state index < -0.39 is 0 Å². The van der Waals surface area contributed by atoms with Crippen molar-refractivity contribution < 1.29 is 4.74 Å². The lowest BCUT2D eigenvalue weighted by Gasteiger charge is -2.13. The predicted octanol–water partition coefficient (Wildman–Crippen LogP) is 4.19. The second kappa shape index (κ2) is 6.95. The summed E-state index contributed by atoms with van der Waals surface area (Å²) in [5.41, 5.74) is 13.7. The number of anilines is 2. The molecule has 7 heteroatoms. The van der Waals surface area contributed by atoms with Gasteiger partial charge in [-0.3, -0.25) is 0 Å². The van der Waals surface area contributed by atoms with E-state index in [1.807, 2.05) is 30.3 Å². The number of benzene rings is 2. The van der Waals surface area contributed by atoms with Crippen LogP contribution >= 0.6 is 23.2 Å². The van der Waals surface area contributed by atoms with Gasteiger partial charge in [0.1, 0.15) is 18.2 Å². The maximum atomic E-state index is 6.10. The van der Waals surface area contributed by atoms with Crippen LogP contribution in [0.1, 0.15) is 5.69 Å². The van der Waals surface area contributed by atoms with E-state index in [-0.39, 0.29) is 18.4 Å². The fourth-order valence-electron chi connectivity index (χ4n) is 2.29. The Kier molecular flexibility index (Phi) is 4.74. The average molecular weight is 361 g/mol. The maximum absolute atomic E-state index is 6.10. The van der Waals surface area contributed by atoms with Gasteiger partial charge in [0.2, 0.25) is 5.95 Å². The third-order valence-electron chi connectivity index (χ3n) is 3.36. The number of aromatic nitrogens is 2. The standard InChI is InChI=1S/C17H14Cl2N4O/c18-12-7-6-10(8-13(12)19)15-14(22-17(21)23-16(15)20)9-24-11-4-2-1-3-5-11/h1-8H,9H2,(H4,20,21,22,23). The van der Waals surface area contributed by atoms with Crippen LogP contribution in [0.15, 0.2) is 48.5 Å². The van der Waals surface area contributed by atoms with Crippen molar-refractivity contribution in [1.82, 2.24) is 9.97 Å². The Morgan fingerprint density at radius 1 is 0.917 bits per heavy atom. The van der Waals surface area contributed by atoms with Crippen molar-refractivity contribution in [1.29, 1.82) is 0 Å². The van der Waals surface area contributed by atoms with Gasteiger partial charge in [-0.2, -0.15) is 4.98 Å². The first-order chi connectivity index (χ1) is 11.5. The van der Waals surface area contributed by atoms with Crippen molar-refractivity contribution >= 4 is 35.0 Å². The SMILES string of the molecule is Nc1nc(N)c(-c2ccc(Cl)c(Cl)c2)c(COc2ccccc2)n1. The van der Waals surface area contributed by atoms with Gasteiger partial charge in [0, 0.05) is 5.56 Å². The number of hydrogen-bond acceptors (Lipinski definition) is 5. The van der Waals surface area contributed by atoms with Crippen molar-refractivity contribution in [2.45, 2.75) is 6.61 Å². The molecule has 0 amide bonds. The minimum Gasteiger partial charge on any atom is -0.487 e. The van der Waals surface area contributed by atoms with Crippen LogP contribution < -0.4 is 16.2 Å². The molecule has 1 heterocycles. The van der Waals surface area contributed by atoms with Crippen LogP contribution in [0.25, 0.3) is 11.1 Å². The number of ether oxygens (including phenoxy) is 1. The summed E-state index contributed by atoms with van der Waals surface area (Å²) in [7, 11) is 0. The van der Waals surface area contributed by atoms with Crippen molar-refractivity contribution in [3.05, 3.63) is 64.3 Å². The molecule has 0 bridgehead atoms. The monoisotopic (exact) mass is 360 g/mol. The molecular weight excluding hydrogens is 347 g/mol. The molecule has 0 saturated heterocycles. The smallest absolute Gasteiger partial charge is 0.222 e. The van der Waals surface area contributed by atoms with Crippen molar-refractivity contribution in [3.63, 3.8) is 0 Å². The fraction of sp³-hybridized carbons (Fsp3) is 0.0588. The molecule has 0 saturated carbocycles. The summed E-state index contributed by atoms with van der Waals surface area (Å²) in [6.07, 6.45) is 0. The average Bonchev–Trinajstić information content (AvgIpc) is 2.56. The molecule has 122 valence electrons. The number of para-hydroxylation sites is 1. The Morgan fingerprint density at radius 3 is 2.38 bits per heavy atom. The zero-order chi connectivity index (χ0) is 17.1. The van der Waals surface area contributed by atoms with Crippen molar-refractivity contribution in [3.8, 4) is 16.9 Å². The van der Waals surface area contributed by atoms with Gasteiger partial charge in [-0.15, -0.1) is 0 Å².